The first-order valence-corrected chi connectivity index (χ1v) is 13.1. The van der Waals surface area contributed by atoms with Crippen molar-refractivity contribution in [2.24, 2.45) is 0 Å². The number of aromatic nitrogens is 3. The summed E-state index contributed by atoms with van der Waals surface area (Å²) in [7, 11) is 0. The highest BCUT2D eigenvalue weighted by atomic mass is 19.1. The number of aryl methyl sites for hydroxylation is 1. The molecule has 0 radical (unpaired) electrons. The third-order valence-electron chi connectivity index (χ3n) is 6.93. The lowest BCUT2D eigenvalue weighted by Gasteiger charge is -2.35. The molecule has 10 heteroatoms. The highest BCUT2D eigenvalue weighted by molar-refractivity contribution is 5.97. The maximum absolute atomic E-state index is 13.5. The fourth-order valence-electron chi connectivity index (χ4n) is 4.85. The Morgan fingerprint density at radius 2 is 1.75 bits per heavy atom. The van der Waals surface area contributed by atoms with Gasteiger partial charge in [-0.2, -0.15) is 5.26 Å². The summed E-state index contributed by atoms with van der Waals surface area (Å²) in [4.78, 5) is 42.1. The average molecular weight is 539 g/mol. The van der Waals surface area contributed by atoms with Crippen molar-refractivity contribution in [1.29, 1.82) is 5.26 Å². The van der Waals surface area contributed by atoms with Crippen LogP contribution in [-0.2, 0) is 11.2 Å². The van der Waals surface area contributed by atoms with Gasteiger partial charge in [-0.05, 0) is 73.9 Å². The number of piperazine rings is 1. The van der Waals surface area contributed by atoms with Gasteiger partial charge in [-0.1, -0.05) is 0 Å². The van der Waals surface area contributed by atoms with E-state index in [4.69, 9.17) is 15.1 Å². The Kier molecular flexibility index (Phi) is 7.92. The minimum absolute atomic E-state index is 0.0664. The lowest BCUT2D eigenvalue weighted by Crippen LogP contribution is -2.49. The molecule has 0 atom stereocenters. The van der Waals surface area contributed by atoms with Crippen LogP contribution in [-0.4, -0.2) is 63.0 Å². The summed E-state index contributed by atoms with van der Waals surface area (Å²) in [5.41, 5.74) is 4.18. The number of carboxylic acids is 1. The van der Waals surface area contributed by atoms with E-state index in [0.29, 0.717) is 84.8 Å². The van der Waals surface area contributed by atoms with Crippen molar-refractivity contribution in [3.8, 4) is 17.3 Å². The van der Waals surface area contributed by atoms with Crippen molar-refractivity contribution in [2.75, 3.05) is 31.1 Å². The minimum atomic E-state index is -0.849. The molecular weight excluding hydrogens is 511 g/mol. The Hall–Kier alpha value is -4.91. The second-order valence-corrected chi connectivity index (χ2v) is 9.60. The number of benzene rings is 2. The zero-order valence-electron chi connectivity index (χ0n) is 21.8. The lowest BCUT2D eigenvalue weighted by atomic mass is 10.0. The molecule has 1 N–H and O–H groups in total. The van der Waals surface area contributed by atoms with E-state index in [2.05, 4.69) is 11.1 Å². The highest BCUT2D eigenvalue weighted by Crippen LogP contribution is 2.26. The predicted octanol–water partition coefficient (Wildman–Crippen LogP) is 4.46. The molecule has 3 heterocycles. The second-order valence-electron chi connectivity index (χ2n) is 9.60. The molecule has 2 aromatic carbocycles. The fourth-order valence-corrected chi connectivity index (χ4v) is 4.85. The smallest absolute Gasteiger partial charge is 0.303 e. The normalized spacial score (nSPS) is 13.3. The van der Waals surface area contributed by atoms with Gasteiger partial charge < -0.3 is 14.9 Å². The van der Waals surface area contributed by atoms with Crippen LogP contribution >= 0.6 is 0 Å². The zero-order chi connectivity index (χ0) is 28.1. The van der Waals surface area contributed by atoms with E-state index in [9.17, 15) is 19.2 Å². The minimum Gasteiger partial charge on any atom is -0.481 e. The summed E-state index contributed by atoms with van der Waals surface area (Å²) < 4.78 is 13.5. The molecule has 0 bridgehead atoms. The van der Waals surface area contributed by atoms with Gasteiger partial charge in [0.1, 0.15) is 17.7 Å². The van der Waals surface area contributed by atoms with Crippen LogP contribution in [0, 0.1) is 17.1 Å². The number of carbonyl (C=O) groups excluding carboxylic acids is 1. The number of aliphatic carboxylic acids is 1. The molecular formula is C30H27FN6O3. The Morgan fingerprint density at radius 3 is 2.48 bits per heavy atom. The van der Waals surface area contributed by atoms with Gasteiger partial charge in [0.05, 0.1) is 28.0 Å². The van der Waals surface area contributed by atoms with Crippen molar-refractivity contribution < 1.29 is 19.1 Å². The number of rotatable bonds is 8. The molecule has 2 aromatic heterocycles. The number of fused-ring (bicyclic) bond motifs is 1. The molecule has 1 amide bonds. The average Bonchev–Trinajstić information content (AvgIpc) is 2.98. The molecule has 0 spiro atoms. The van der Waals surface area contributed by atoms with Crippen LogP contribution in [0.3, 0.4) is 0 Å². The van der Waals surface area contributed by atoms with Gasteiger partial charge in [-0.15, -0.1) is 0 Å². The molecule has 5 rings (SSSR count). The Labute approximate surface area is 230 Å². The quantitative estimate of drug-likeness (QED) is 0.326. The van der Waals surface area contributed by atoms with E-state index in [1.807, 2.05) is 4.90 Å². The SMILES string of the molecule is N#Cc1cccnc1N1CCN(C(=O)c2ccc3nc(-c4ccc(F)cc4)c(CCCCC(=O)O)nc3c2)CC1. The molecule has 0 aliphatic carbocycles. The molecule has 4 aromatic rings. The molecule has 1 fully saturated rings. The van der Waals surface area contributed by atoms with Crippen LogP contribution in [0.25, 0.3) is 22.3 Å². The number of anilines is 1. The van der Waals surface area contributed by atoms with Crippen molar-refractivity contribution in [3.63, 3.8) is 0 Å². The Balaban J connectivity index is 1.37. The molecule has 1 aliphatic rings. The number of unbranched alkanes of at least 4 members (excludes halogenated alkanes) is 1. The van der Waals surface area contributed by atoms with E-state index < -0.39 is 5.97 Å². The van der Waals surface area contributed by atoms with Crippen molar-refractivity contribution >= 4 is 28.7 Å². The topological polar surface area (TPSA) is 123 Å². The highest BCUT2D eigenvalue weighted by Gasteiger charge is 2.24. The molecule has 40 heavy (non-hydrogen) atoms. The van der Waals surface area contributed by atoms with Gasteiger partial charge in [0.25, 0.3) is 5.91 Å². The summed E-state index contributed by atoms with van der Waals surface area (Å²) in [5, 5.41) is 18.4. The van der Waals surface area contributed by atoms with Crippen LogP contribution in [0.15, 0.2) is 60.8 Å². The van der Waals surface area contributed by atoms with Crippen LogP contribution in [0.2, 0.25) is 0 Å². The third kappa shape index (κ3) is 5.89. The molecule has 1 saturated heterocycles. The van der Waals surface area contributed by atoms with E-state index in [1.165, 1.54) is 12.1 Å². The number of carbonyl (C=O) groups is 2. The number of amides is 1. The number of hydrogen-bond donors (Lipinski definition) is 1. The Bertz CT molecular complexity index is 1590. The van der Waals surface area contributed by atoms with Crippen LogP contribution in [0.4, 0.5) is 10.2 Å². The number of hydrogen-bond acceptors (Lipinski definition) is 7. The number of nitriles is 1. The predicted molar refractivity (Wildman–Crippen MR) is 147 cm³/mol. The first kappa shape index (κ1) is 26.7. The van der Waals surface area contributed by atoms with E-state index in [0.717, 1.165) is 5.56 Å². The molecule has 9 nitrogen and oxygen atoms in total. The van der Waals surface area contributed by atoms with Crippen molar-refractivity contribution in [2.45, 2.75) is 25.7 Å². The van der Waals surface area contributed by atoms with E-state index in [-0.39, 0.29) is 18.1 Å². The van der Waals surface area contributed by atoms with Gasteiger partial charge in [0, 0.05) is 49.9 Å². The Morgan fingerprint density at radius 1 is 0.975 bits per heavy atom. The van der Waals surface area contributed by atoms with Crippen molar-refractivity contribution in [1.82, 2.24) is 19.9 Å². The summed E-state index contributed by atoms with van der Waals surface area (Å²) >= 11 is 0. The van der Waals surface area contributed by atoms with Gasteiger partial charge in [0.2, 0.25) is 0 Å². The molecule has 0 unspecified atom stereocenters. The first-order chi connectivity index (χ1) is 19.4. The van der Waals surface area contributed by atoms with Crippen LogP contribution in [0.1, 0.15) is 40.9 Å². The monoisotopic (exact) mass is 538 g/mol. The molecule has 202 valence electrons. The van der Waals surface area contributed by atoms with E-state index in [1.54, 1.807) is 53.6 Å². The van der Waals surface area contributed by atoms with Crippen LogP contribution < -0.4 is 4.90 Å². The second kappa shape index (κ2) is 11.9. The molecule has 0 saturated carbocycles. The number of halogens is 1. The standard InChI is InChI=1S/C30H27FN6O3/c31-23-10-7-20(8-11-23)28-25(5-1-2-6-27(38)39)34-26-18-21(9-12-24(26)35-28)30(40)37-16-14-36(15-17-37)29-22(19-32)4-3-13-33-29/h3-4,7-13,18H,1-2,5-6,14-17H2,(H,38,39). The first-order valence-electron chi connectivity index (χ1n) is 13.1. The number of nitrogens with zero attached hydrogens (tertiary/aromatic N) is 6. The maximum Gasteiger partial charge on any atom is 0.303 e. The zero-order valence-corrected chi connectivity index (χ0v) is 21.8. The molecule has 1 aliphatic heterocycles. The summed E-state index contributed by atoms with van der Waals surface area (Å²) in [6.07, 6.45) is 3.33. The van der Waals surface area contributed by atoms with Crippen molar-refractivity contribution in [3.05, 3.63) is 83.4 Å². The summed E-state index contributed by atoms with van der Waals surface area (Å²) in [5.74, 6) is -0.686. The van der Waals surface area contributed by atoms with Gasteiger partial charge in [-0.25, -0.2) is 19.3 Å². The van der Waals surface area contributed by atoms with Gasteiger partial charge in [0.15, 0.2) is 0 Å². The van der Waals surface area contributed by atoms with Gasteiger partial charge in [-0.3, -0.25) is 9.59 Å². The fraction of sp³-hybridized carbons (Fsp3) is 0.267. The lowest BCUT2D eigenvalue weighted by molar-refractivity contribution is -0.137. The van der Waals surface area contributed by atoms with Crippen LogP contribution in [0.5, 0.6) is 0 Å². The third-order valence-corrected chi connectivity index (χ3v) is 6.93. The van der Waals surface area contributed by atoms with E-state index >= 15 is 0 Å². The van der Waals surface area contributed by atoms with Gasteiger partial charge >= 0.3 is 5.97 Å². The summed E-state index contributed by atoms with van der Waals surface area (Å²) in [6, 6.07) is 16.9. The maximum atomic E-state index is 13.5. The number of pyridine rings is 1. The summed E-state index contributed by atoms with van der Waals surface area (Å²) in [6.45, 7) is 2.10. The largest absolute Gasteiger partial charge is 0.481 e. The number of carboxylic acid groups (broad SMARTS) is 1.